The molecule has 0 unspecified atom stereocenters. The third-order valence-electron chi connectivity index (χ3n) is 6.20. The molecule has 0 radical (unpaired) electrons. The van der Waals surface area contributed by atoms with Crippen LogP contribution in [0.3, 0.4) is 0 Å². The second-order valence-corrected chi connectivity index (χ2v) is 8.75. The van der Waals surface area contributed by atoms with E-state index in [0.717, 1.165) is 24.1 Å². The van der Waals surface area contributed by atoms with Gasteiger partial charge < -0.3 is 29.7 Å². The van der Waals surface area contributed by atoms with Crippen molar-refractivity contribution in [1.29, 1.82) is 5.26 Å². The molecule has 2 saturated heterocycles. The number of carbonyl (C=O) groups excluding carboxylic acids is 1. The number of hydrogen-bond acceptors (Lipinski definition) is 8. The van der Waals surface area contributed by atoms with Crippen LogP contribution in [-0.2, 0) is 9.47 Å². The molecule has 2 N–H and O–H groups in total. The average Bonchev–Trinajstić information content (AvgIpc) is 2.95. The van der Waals surface area contributed by atoms with Gasteiger partial charge in [-0.15, -0.1) is 0 Å². The second-order valence-electron chi connectivity index (χ2n) is 8.75. The van der Waals surface area contributed by atoms with Gasteiger partial charge in [-0.3, -0.25) is 0 Å². The molecule has 1 aromatic heterocycles. The minimum Gasteiger partial charge on any atom is -0.489 e. The Balaban J connectivity index is 1.24. The van der Waals surface area contributed by atoms with Crippen LogP contribution in [0.1, 0.15) is 18.4 Å². The van der Waals surface area contributed by atoms with E-state index >= 15 is 0 Å². The third kappa shape index (κ3) is 6.33. The zero-order chi connectivity index (χ0) is 25.5. The van der Waals surface area contributed by atoms with Gasteiger partial charge in [0.2, 0.25) is 5.95 Å². The summed E-state index contributed by atoms with van der Waals surface area (Å²) >= 11 is 0. The predicted octanol–water partition coefficient (Wildman–Crippen LogP) is 4.18. The molecule has 2 fully saturated rings. The number of aromatic nitrogens is 2. The summed E-state index contributed by atoms with van der Waals surface area (Å²) in [5.41, 5.74) is 3.42. The summed E-state index contributed by atoms with van der Waals surface area (Å²) in [6.07, 6.45) is 3.35. The summed E-state index contributed by atoms with van der Waals surface area (Å²) in [5.74, 6) is 0.995. The molecule has 2 amide bonds. The van der Waals surface area contributed by atoms with Crippen molar-refractivity contribution in [3.8, 4) is 23.1 Å². The topological polar surface area (TPSA) is 122 Å². The van der Waals surface area contributed by atoms with E-state index in [4.69, 9.17) is 14.2 Å². The molecule has 0 saturated carbocycles. The Labute approximate surface area is 215 Å². The Morgan fingerprint density at radius 2 is 1.73 bits per heavy atom. The SMILES string of the molecule is N#Cc1cc(-c2ccnc(Nc3ccc(NC(=O)N4CCOCC4)cc3)n2)ccc1OC1CCOCC1. The van der Waals surface area contributed by atoms with E-state index in [1.807, 2.05) is 36.4 Å². The van der Waals surface area contributed by atoms with Crippen LogP contribution < -0.4 is 15.4 Å². The Bertz CT molecular complexity index is 1260. The maximum atomic E-state index is 12.4. The first kappa shape index (κ1) is 24.5. The van der Waals surface area contributed by atoms with Crippen LogP contribution in [0.5, 0.6) is 5.75 Å². The fourth-order valence-electron chi connectivity index (χ4n) is 4.17. The fraction of sp³-hybridized carbons (Fsp3) is 0.333. The number of hydrogen-bond donors (Lipinski definition) is 2. The quantitative estimate of drug-likeness (QED) is 0.517. The van der Waals surface area contributed by atoms with Crippen molar-refractivity contribution >= 4 is 23.4 Å². The summed E-state index contributed by atoms with van der Waals surface area (Å²) < 4.78 is 16.7. The van der Waals surface area contributed by atoms with Crippen LogP contribution in [0.4, 0.5) is 22.1 Å². The molecule has 37 heavy (non-hydrogen) atoms. The summed E-state index contributed by atoms with van der Waals surface area (Å²) in [6.45, 7) is 3.63. The number of rotatable bonds is 6. The molecule has 0 spiro atoms. The molecule has 0 bridgehead atoms. The lowest BCUT2D eigenvalue weighted by Gasteiger charge is -2.26. The standard InChI is InChI=1S/C27H28N6O4/c28-18-20-17-19(1-6-25(20)37-23-8-13-35-14-9-23)24-7-10-29-26(32-24)30-21-2-4-22(5-3-21)31-27(34)33-11-15-36-16-12-33/h1-7,10,17,23H,8-9,11-16H2,(H,31,34)(H,29,30,32). The Morgan fingerprint density at radius 3 is 2.49 bits per heavy atom. The van der Waals surface area contributed by atoms with E-state index in [9.17, 15) is 10.1 Å². The minimum atomic E-state index is -0.138. The van der Waals surface area contributed by atoms with Crippen molar-refractivity contribution in [3.63, 3.8) is 0 Å². The first-order valence-electron chi connectivity index (χ1n) is 12.3. The van der Waals surface area contributed by atoms with Gasteiger partial charge in [0.25, 0.3) is 0 Å². The van der Waals surface area contributed by atoms with E-state index in [1.165, 1.54) is 0 Å². The number of nitriles is 1. The molecule has 2 aromatic carbocycles. The molecule has 10 nitrogen and oxygen atoms in total. The number of morpholine rings is 1. The zero-order valence-corrected chi connectivity index (χ0v) is 20.4. The largest absolute Gasteiger partial charge is 0.489 e. The number of nitrogens with one attached hydrogen (secondary N) is 2. The van der Waals surface area contributed by atoms with Crippen LogP contribution >= 0.6 is 0 Å². The number of carbonyl (C=O) groups is 1. The van der Waals surface area contributed by atoms with Crippen LogP contribution in [-0.4, -0.2) is 66.5 Å². The molecule has 190 valence electrons. The molecule has 3 aromatic rings. The number of urea groups is 1. The lowest BCUT2D eigenvalue weighted by Crippen LogP contribution is -2.43. The number of anilines is 3. The van der Waals surface area contributed by atoms with Crippen molar-refractivity contribution < 1.29 is 19.0 Å². The summed E-state index contributed by atoms with van der Waals surface area (Å²) in [5, 5.41) is 15.8. The fourth-order valence-corrected chi connectivity index (χ4v) is 4.17. The maximum Gasteiger partial charge on any atom is 0.321 e. The van der Waals surface area contributed by atoms with Crippen molar-refractivity contribution in [2.75, 3.05) is 50.2 Å². The van der Waals surface area contributed by atoms with Crippen LogP contribution in [0.2, 0.25) is 0 Å². The highest BCUT2D eigenvalue weighted by Gasteiger charge is 2.18. The molecule has 10 heteroatoms. The number of amides is 2. The summed E-state index contributed by atoms with van der Waals surface area (Å²) in [6, 6.07) is 16.7. The van der Waals surface area contributed by atoms with Crippen molar-refractivity contribution in [2.24, 2.45) is 0 Å². The lowest BCUT2D eigenvalue weighted by molar-refractivity contribution is 0.0254. The van der Waals surface area contributed by atoms with Gasteiger partial charge in [0, 0.05) is 49.1 Å². The first-order chi connectivity index (χ1) is 18.2. The van der Waals surface area contributed by atoms with Crippen LogP contribution in [0, 0.1) is 11.3 Å². The Hall–Kier alpha value is -4.20. The Morgan fingerprint density at radius 1 is 1.00 bits per heavy atom. The van der Waals surface area contributed by atoms with E-state index < -0.39 is 0 Å². The van der Waals surface area contributed by atoms with Crippen molar-refractivity contribution in [1.82, 2.24) is 14.9 Å². The molecule has 2 aliphatic heterocycles. The zero-order valence-electron chi connectivity index (χ0n) is 20.4. The third-order valence-corrected chi connectivity index (χ3v) is 6.20. The van der Waals surface area contributed by atoms with E-state index in [2.05, 4.69) is 26.7 Å². The smallest absolute Gasteiger partial charge is 0.321 e. The molecular formula is C27H28N6O4. The highest BCUT2D eigenvalue weighted by atomic mass is 16.5. The van der Waals surface area contributed by atoms with Crippen molar-refractivity contribution in [3.05, 3.63) is 60.3 Å². The average molecular weight is 501 g/mol. The van der Waals surface area contributed by atoms with Gasteiger partial charge in [-0.25, -0.2) is 14.8 Å². The minimum absolute atomic E-state index is 0.0561. The monoisotopic (exact) mass is 500 g/mol. The van der Waals surface area contributed by atoms with Gasteiger partial charge in [0.15, 0.2) is 0 Å². The molecule has 5 rings (SSSR count). The van der Waals surface area contributed by atoms with Crippen LogP contribution in [0.25, 0.3) is 11.3 Å². The Kier molecular flexibility index (Phi) is 7.74. The van der Waals surface area contributed by atoms with Crippen molar-refractivity contribution in [2.45, 2.75) is 18.9 Å². The van der Waals surface area contributed by atoms with Crippen LogP contribution in [0.15, 0.2) is 54.7 Å². The van der Waals surface area contributed by atoms with E-state index in [0.29, 0.717) is 68.2 Å². The number of ether oxygens (including phenoxy) is 3. The lowest BCUT2D eigenvalue weighted by atomic mass is 10.1. The van der Waals surface area contributed by atoms with Gasteiger partial charge in [0.05, 0.1) is 37.7 Å². The van der Waals surface area contributed by atoms with Gasteiger partial charge in [-0.2, -0.15) is 5.26 Å². The molecule has 2 aliphatic rings. The number of benzene rings is 2. The summed E-state index contributed by atoms with van der Waals surface area (Å²) in [4.78, 5) is 23.0. The maximum absolute atomic E-state index is 12.4. The van der Waals surface area contributed by atoms with E-state index in [-0.39, 0.29) is 12.1 Å². The van der Waals surface area contributed by atoms with Gasteiger partial charge >= 0.3 is 6.03 Å². The van der Waals surface area contributed by atoms with Gasteiger partial charge in [0.1, 0.15) is 17.9 Å². The molecule has 3 heterocycles. The molecule has 0 aliphatic carbocycles. The molecule has 0 atom stereocenters. The highest BCUT2D eigenvalue weighted by molar-refractivity contribution is 5.89. The molecular weight excluding hydrogens is 472 g/mol. The van der Waals surface area contributed by atoms with Gasteiger partial charge in [-0.1, -0.05) is 0 Å². The van der Waals surface area contributed by atoms with E-state index in [1.54, 1.807) is 23.2 Å². The number of nitrogens with zero attached hydrogens (tertiary/aromatic N) is 4. The highest BCUT2D eigenvalue weighted by Crippen LogP contribution is 2.28. The first-order valence-corrected chi connectivity index (χ1v) is 12.3. The summed E-state index contributed by atoms with van der Waals surface area (Å²) in [7, 11) is 0. The van der Waals surface area contributed by atoms with Gasteiger partial charge in [-0.05, 0) is 48.5 Å². The second kappa shape index (κ2) is 11.7. The predicted molar refractivity (Wildman–Crippen MR) is 138 cm³/mol. The normalized spacial score (nSPS) is 16.0.